The van der Waals surface area contributed by atoms with Crippen molar-refractivity contribution in [3.05, 3.63) is 45.5 Å². The standard InChI is InChI=1S/C16H17BrClN3O2/c1-16(2,3)23-15(22)10-8-20-14(19)7-13(10)21-12-5-4-9(17)6-11(12)18/h4-8H,1-3H3,(H3,19,20,21). The van der Waals surface area contributed by atoms with Crippen LogP contribution in [0.15, 0.2) is 34.9 Å². The predicted octanol–water partition coefficient (Wildman–Crippen LogP) is 4.78. The Bertz CT molecular complexity index is 745. The molecule has 1 heterocycles. The molecule has 0 amide bonds. The maximum absolute atomic E-state index is 12.3. The average molecular weight is 399 g/mol. The van der Waals surface area contributed by atoms with E-state index in [1.165, 1.54) is 6.20 Å². The lowest BCUT2D eigenvalue weighted by atomic mass is 10.1. The number of hydrogen-bond donors (Lipinski definition) is 2. The molecule has 0 spiro atoms. The Balaban J connectivity index is 2.37. The lowest BCUT2D eigenvalue weighted by molar-refractivity contribution is 0.00704. The fourth-order valence-electron chi connectivity index (χ4n) is 1.81. The van der Waals surface area contributed by atoms with Crippen LogP contribution in [0.2, 0.25) is 5.02 Å². The van der Waals surface area contributed by atoms with Gasteiger partial charge in [0.05, 0.1) is 16.4 Å². The number of nitrogen functional groups attached to an aromatic ring is 1. The average Bonchev–Trinajstić information content (AvgIpc) is 2.40. The highest BCUT2D eigenvalue weighted by atomic mass is 79.9. The molecule has 0 radical (unpaired) electrons. The number of carbonyl (C=O) groups excluding carboxylic acids is 1. The first-order valence-corrected chi connectivity index (χ1v) is 8.04. The molecule has 3 N–H and O–H groups in total. The van der Waals surface area contributed by atoms with Crippen LogP contribution in [0, 0.1) is 0 Å². The zero-order valence-corrected chi connectivity index (χ0v) is 15.3. The molecule has 7 heteroatoms. The second kappa shape index (κ2) is 6.76. The fourth-order valence-corrected chi connectivity index (χ4v) is 2.53. The zero-order valence-electron chi connectivity index (χ0n) is 13.0. The van der Waals surface area contributed by atoms with Crippen LogP contribution >= 0.6 is 27.5 Å². The van der Waals surface area contributed by atoms with Crippen LogP contribution in [-0.4, -0.2) is 16.6 Å². The van der Waals surface area contributed by atoms with Crippen LogP contribution in [0.1, 0.15) is 31.1 Å². The molecule has 2 rings (SSSR count). The second-order valence-electron chi connectivity index (χ2n) is 5.91. The normalized spacial score (nSPS) is 11.2. The number of ether oxygens (including phenoxy) is 1. The first-order chi connectivity index (χ1) is 10.7. The molecule has 0 aliphatic heterocycles. The summed E-state index contributed by atoms with van der Waals surface area (Å²) in [5, 5.41) is 3.61. The molecule has 0 saturated heterocycles. The summed E-state index contributed by atoms with van der Waals surface area (Å²) in [5.41, 5.74) is 6.53. The summed E-state index contributed by atoms with van der Waals surface area (Å²) < 4.78 is 6.25. The Kier molecular flexibility index (Phi) is 5.16. The summed E-state index contributed by atoms with van der Waals surface area (Å²) in [4.78, 5) is 16.3. The van der Waals surface area contributed by atoms with Crippen LogP contribution in [0.4, 0.5) is 17.2 Å². The molecule has 0 unspecified atom stereocenters. The number of esters is 1. The molecule has 0 bridgehead atoms. The first-order valence-electron chi connectivity index (χ1n) is 6.86. The molecule has 2 aromatic rings. The van der Waals surface area contributed by atoms with Crippen molar-refractivity contribution in [3.63, 3.8) is 0 Å². The maximum Gasteiger partial charge on any atom is 0.342 e. The molecule has 0 aliphatic carbocycles. The van der Waals surface area contributed by atoms with E-state index in [0.717, 1.165) is 4.47 Å². The van der Waals surface area contributed by atoms with Gasteiger partial charge < -0.3 is 15.8 Å². The third kappa shape index (κ3) is 4.84. The minimum Gasteiger partial charge on any atom is -0.456 e. The number of hydrogen-bond acceptors (Lipinski definition) is 5. The second-order valence-corrected chi connectivity index (χ2v) is 7.23. The monoisotopic (exact) mass is 397 g/mol. The van der Waals surface area contributed by atoms with Crippen molar-refractivity contribution < 1.29 is 9.53 Å². The van der Waals surface area contributed by atoms with Crippen molar-refractivity contribution in [1.82, 2.24) is 4.98 Å². The van der Waals surface area contributed by atoms with Gasteiger partial charge >= 0.3 is 5.97 Å². The molecule has 1 aromatic carbocycles. The molecule has 0 fully saturated rings. The van der Waals surface area contributed by atoms with E-state index in [0.29, 0.717) is 16.4 Å². The first kappa shape index (κ1) is 17.6. The van der Waals surface area contributed by atoms with E-state index < -0.39 is 11.6 Å². The van der Waals surface area contributed by atoms with Gasteiger partial charge in [0.15, 0.2) is 0 Å². The van der Waals surface area contributed by atoms with Crippen molar-refractivity contribution in [2.75, 3.05) is 11.1 Å². The highest BCUT2D eigenvalue weighted by Gasteiger charge is 2.21. The number of nitrogens with two attached hydrogens (primary N) is 1. The van der Waals surface area contributed by atoms with E-state index in [2.05, 4.69) is 26.2 Å². The Labute approximate surface area is 148 Å². The summed E-state index contributed by atoms with van der Waals surface area (Å²) in [5.74, 6) is -0.200. The van der Waals surface area contributed by atoms with Crippen molar-refractivity contribution >= 4 is 50.7 Å². The molecular formula is C16H17BrClN3O2. The van der Waals surface area contributed by atoms with Gasteiger partial charge in [-0.15, -0.1) is 0 Å². The number of pyridine rings is 1. The summed E-state index contributed by atoms with van der Waals surface area (Å²) in [6.45, 7) is 5.40. The summed E-state index contributed by atoms with van der Waals surface area (Å²) >= 11 is 9.55. The van der Waals surface area contributed by atoms with E-state index >= 15 is 0 Å². The Hall–Kier alpha value is -1.79. The maximum atomic E-state index is 12.3. The van der Waals surface area contributed by atoms with Crippen molar-refractivity contribution in [3.8, 4) is 0 Å². The number of carbonyl (C=O) groups is 1. The van der Waals surface area contributed by atoms with E-state index in [4.69, 9.17) is 22.1 Å². The Morgan fingerprint density at radius 2 is 2.00 bits per heavy atom. The number of halogens is 2. The van der Waals surface area contributed by atoms with E-state index in [1.54, 1.807) is 39.0 Å². The van der Waals surface area contributed by atoms with Gasteiger partial charge in [-0.05, 0) is 39.0 Å². The van der Waals surface area contributed by atoms with Crippen LogP contribution in [0.25, 0.3) is 0 Å². The lowest BCUT2D eigenvalue weighted by Gasteiger charge is -2.21. The molecule has 23 heavy (non-hydrogen) atoms. The smallest absolute Gasteiger partial charge is 0.342 e. The van der Waals surface area contributed by atoms with Gasteiger partial charge in [0.25, 0.3) is 0 Å². The third-order valence-electron chi connectivity index (χ3n) is 2.74. The number of nitrogens with one attached hydrogen (secondary N) is 1. The van der Waals surface area contributed by atoms with Crippen molar-refractivity contribution in [2.24, 2.45) is 0 Å². The number of rotatable bonds is 3. The van der Waals surface area contributed by atoms with E-state index in [-0.39, 0.29) is 11.4 Å². The zero-order chi connectivity index (χ0) is 17.2. The summed E-state index contributed by atoms with van der Waals surface area (Å²) in [7, 11) is 0. The topological polar surface area (TPSA) is 77.2 Å². The van der Waals surface area contributed by atoms with Gasteiger partial charge in [0, 0.05) is 16.7 Å². The fraction of sp³-hybridized carbons (Fsp3) is 0.250. The SMILES string of the molecule is CC(C)(C)OC(=O)c1cnc(N)cc1Nc1ccc(Br)cc1Cl. The van der Waals surface area contributed by atoms with Gasteiger partial charge in [-0.3, -0.25) is 0 Å². The van der Waals surface area contributed by atoms with Gasteiger partial charge in [0.1, 0.15) is 17.0 Å². The van der Waals surface area contributed by atoms with E-state index in [1.807, 2.05) is 6.07 Å². The Morgan fingerprint density at radius 3 is 2.61 bits per heavy atom. The quantitative estimate of drug-likeness (QED) is 0.728. The summed E-state index contributed by atoms with van der Waals surface area (Å²) in [6, 6.07) is 6.95. The number of aromatic nitrogens is 1. The van der Waals surface area contributed by atoms with E-state index in [9.17, 15) is 4.79 Å². The van der Waals surface area contributed by atoms with Crippen molar-refractivity contribution in [2.45, 2.75) is 26.4 Å². The minimum atomic E-state index is -0.606. The van der Waals surface area contributed by atoms with Crippen LogP contribution in [0.5, 0.6) is 0 Å². The number of benzene rings is 1. The largest absolute Gasteiger partial charge is 0.456 e. The van der Waals surface area contributed by atoms with Crippen LogP contribution in [-0.2, 0) is 4.74 Å². The van der Waals surface area contributed by atoms with Gasteiger partial charge in [-0.1, -0.05) is 27.5 Å². The molecule has 122 valence electrons. The third-order valence-corrected chi connectivity index (χ3v) is 3.55. The predicted molar refractivity (Wildman–Crippen MR) is 96.3 cm³/mol. The highest BCUT2D eigenvalue weighted by molar-refractivity contribution is 9.10. The van der Waals surface area contributed by atoms with Gasteiger partial charge in [-0.2, -0.15) is 0 Å². The molecule has 1 aromatic heterocycles. The van der Waals surface area contributed by atoms with Crippen molar-refractivity contribution in [1.29, 1.82) is 0 Å². The molecule has 5 nitrogen and oxygen atoms in total. The number of nitrogens with zero attached hydrogens (tertiary/aromatic N) is 1. The lowest BCUT2D eigenvalue weighted by Crippen LogP contribution is -2.24. The molecule has 0 saturated carbocycles. The minimum absolute atomic E-state index is 0.285. The van der Waals surface area contributed by atoms with Crippen LogP contribution < -0.4 is 11.1 Å². The Morgan fingerprint density at radius 1 is 1.30 bits per heavy atom. The van der Waals surface area contributed by atoms with Gasteiger partial charge in [-0.25, -0.2) is 9.78 Å². The number of anilines is 3. The van der Waals surface area contributed by atoms with Crippen LogP contribution in [0.3, 0.4) is 0 Å². The summed E-state index contributed by atoms with van der Waals surface area (Å²) in [6.07, 6.45) is 1.39. The molecule has 0 aliphatic rings. The molecule has 0 atom stereocenters. The van der Waals surface area contributed by atoms with Gasteiger partial charge in [0.2, 0.25) is 0 Å². The highest BCUT2D eigenvalue weighted by Crippen LogP contribution is 2.30. The molecular weight excluding hydrogens is 382 g/mol.